The second kappa shape index (κ2) is 9.76. The maximum atomic E-state index is 6.14. The summed E-state index contributed by atoms with van der Waals surface area (Å²) in [5.41, 5.74) is 2.37. The van der Waals surface area contributed by atoms with Crippen molar-refractivity contribution in [2.45, 2.75) is 32.2 Å². The lowest BCUT2D eigenvalue weighted by Gasteiger charge is -2.36. The second-order valence-corrected chi connectivity index (χ2v) is 8.86. The topological polar surface area (TPSA) is 56.2 Å². The van der Waals surface area contributed by atoms with Crippen LogP contribution < -0.4 is 10.2 Å². The molecule has 3 heterocycles. The number of guanidine groups is 1. The normalized spacial score (nSPS) is 22.2. The number of thiazole rings is 1. The molecule has 4 rings (SSSR count). The maximum absolute atomic E-state index is 6.14. The van der Waals surface area contributed by atoms with Gasteiger partial charge in [0.05, 0.1) is 31.0 Å². The van der Waals surface area contributed by atoms with E-state index < -0.39 is 0 Å². The van der Waals surface area contributed by atoms with Gasteiger partial charge >= 0.3 is 0 Å². The summed E-state index contributed by atoms with van der Waals surface area (Å²) in [6, 6.07) is 11.1. The second-order valence-electron chi connectivity index (χ2n) is 8.02. The van der Waals surface area contributed by atoms with Gasteiger partial charge in [-0.15, -0.1) is 11.3 Å². The van der Waals surface area contributed by atoms with Crippen LogP contribution in [0.4, 0.5) is 5.13 Å². The number of hydrogen-bond donors (Lipinski definition) is 1. The minimum absolute atomic E-state index is 0.228. The molecule has 2 atom stereocenters. The molecule has 0 amide bonds. The van der Waals surface area contributed by atoms with Crippen molar-refractivity contribution >= 4 is 22.4 Å². The number of anilines is 1. The number of ether oxygens (including phenoxy) is 1. The Kier molecular flexibility index (Phi) is 6.86. The van der Waals surface area contributed by atoms with Gasteiger partial charge < -0.3 is 19.9 Å². The van der Waals surface area contributed by atoms with Gasteiger partial charge in [0.1, 0.15) is 0 Å². The van der Waals surface area contributed by atoms with Gasteiger partial charge in [-0.05, 0) is 12.5 Å². The Morgan fingerprint density at radius 3 is 2.87 bits per heavy atom. The predicted molar refractivity (Wildman–Crippen MR) is 123 cm³/mol. The van der Waals surface area contributed by atoms with Crippen LogP contribution in [-0.2, 0) is 17.8 Å². The molecule has 2 aliphatic rings. The van der Waals surface area contributed by atoms with Crippen LogP contribution in [-0.4, -0.2) is 79.8 Å². The highest BCUT2D eigenvalue weighted by Gasteiger charge is 2.41. The largest absolute Gasteiger partial charge is 0.373 e. The minimum Gasteiger partial charge on any atom is -0.373 e. The first-order chi connectivity index (χ1) is 14.6. The number of rotatable bonds is 6. The fourth-order valence-corrected chi connectivity index (χ4v) is 4.85. The van der Waals surface area contributed by atoms with Crippen molar-refractivity contribution in [3.8, 4) is 0 Å². The summed E-state index contributed by atoms with van der Waals surface area (Å²) in [5, 5.41) is 6.58. The number of aliphatic imine (C=N–C) groups is 1. The number of nitrogens with zero attached hydrogens (tertiary/aromatic N) is 5. The lowest BCUT2D eigenvalue weighted by Crippen LogP contribution is -2.50. The minimum atomic E-state index is 0.228. The zero-order valence-corrected chi connectivity index (χ0v) is 18.9. The standard InChI is InChI=1S/C22H32N6OS/c1-4-23-21(24-12-18-16-30-22(25-18)26(2)3)28-14-19-20(15-28)29-11-10-27(19)13-17-8-6-5-7-9-17/h5-9,16,19-20H,4,10-15H2,1-3H3,(H,23,24). The van der Waals surface area contributed by atoms with Gasteiger partial charge in [-0.3, -0.25) is 4.90 Å². The molecule has 8 heteroatoms. The molecule has 1 aromatic carbocycles. The van der Waals surface area contributed by atoms with E-state index in [2.05, 4.69) is 62.7 Å². The van der Waals surface area contributed by atoms with E-state index in [9.17, 15) is 0 Å². The molecule has 0 saturated carbocycles. The summed E-state index contributed by atoms with van der Waals surface area (Å²) < 4.78 is 6.14. The quantitative estimate of drug-likeness (QED) is 0.563. The van der Waals surface area contributed by atoms with Crippen LogP contribution in [0, 0.1) is 0 Å². The Morgan fingerprint density at radius 2 is 2.13 bits per heavy atom. The monoisotopic (exact) mass is 428 g/mol. The third kappa shape index (κ3) is 4.94. The molecule has 7 nitrogen and oxygen atoms in total. The highest BCUT2D eigenvalue weighted by molar-refractivity contribution is 7.13. The van der Waals surface area contributed by atoms with E-state index in [1.54, 1.807) is 11.3 Å². The van der Waals surface area contributed by atoms with E-state index in [4.69, 9.17) is 9.73 Å². The summed E-state index contributed by atoms with van der Waals surface area (Å²) in [4.78, 5) is 16.5. The molecule has 2 aliphatic heterocycles. The van der Waals surface area contributed by atoms with Gasteiger partial charge in [0.2, 0.25) is 0 Å². The molecule has 0 bridgehead atoms. The van der Waals surface area contributed by atoms with Crippen molar-refractivity contribution in [1.29, 1.82) is 0 Å². The van der Waals surface area contributed by atoms with Crippen molar-refractivity contribution in [2.75, 3.05) is 51.8 Å². The number of hydrogen-bond acceptors (Lipinski definition) is 6. The van der Waals surface area contributed by atoms with Crippen molar-refractivity contribution in [1.82, 2.24) is 20.1 Å². The number of benzene rings is 1. The molecule has 0 aliphatic carbocycles. The van der Waals surface area contributed by atoms with Gasteiger partial charge in [0.15, 0.2) is 11.1 Å². The number of fused-ring (bicyclic) bond motifs is 1. The molecule has 2 fully saturated rings. The highest BCUT2D eigenvalue weighted by atomic mass is 32.1. The van der Waals surface area contributed by atoms with Crippen LogP contribution in [0.25, 0.3) is 0 Å². The van der Waals surface area contributed by atoms with Crippen LogP contribution >= 0.6 is 11.3 Å². The summed E-state index contributed by atoms with van der Waals surface area (Å²) in [7, 11) is 4.03. The lowest BCUT2D eigenvalue weighted by atomic mass is 10.1. The van der Waals surface area contributed by atoms with E-state index in [0.29, 0.717) is 12.6 Å². The number of nitrogens with one attached hydrogen (secondary N) is 1. The SMILES string of the molecule is CCNC(=NCc1csc(N(C)C)n1)N1CC2OCCN(Cc3ccccc3)C2C1. The molecule has 2 aromatic rings. The molecular formula is C22H32N6OS. The van der Waals surface area contributed by atoms with E-state index in [1.807, 2.05) is 19.0 Å². The Balaban J connectivity index is 1.43. The fraction of sp³-hybridized carbons (Fsp3) is 0.545. The van der Waals surface area contributed by atoms with Gasteiger partial charge in [-0.2, -0.15) is 0 Å². The number of likely N-dealkylation sites (tertiary alicyclic amines) is 1. The summed E-state index contributed by atoms with van der Waals surface area (Å²) in [6.45, 7) is 8.10. The Bertz CT molecular complexity index is 839. The predicted octanol–water partition coefficient (Wildman–Crippen LogP) is 2.26. The van der Waals surface area contributed by atoms with Crippen LogP contribution in [0.2, 0.25) is 0 Å². The fourth-order valence-electron chi connectivity index (χ4n) is 4.10. The first kappa shape index (κ1) is 21.1. The Morgan fingerprint density at radius 1 is 1.30 bits per heavy atom. The molecule has 2 saturated heterocycles. The maximum Gasteiger partial charge on any atom is 0.194 e. The highest BCUT2D eigenvalue weighted by Crippen LogP contribution is 2.25. The van der Waals surface area contributed by atoms with Crippen LogP contribution in [0.15, 0.2) is 40.7 Å². The average Bonchev–Trinajstić information content (AvgIpc) is 3.40. The van der Waals surface area contributed by atoms with Crippen LogP contribution in [0.3, 0.4) is 0 Å². The van der Waals surface area contributed by atoms with Gasteiger partial charge in [0, 0.05) is 52.2 Å². The Labute approximate surface area is 183 Å². The van der Waals surface area contributed by atoms with Crippen LogP contribution in [0.1, 0.15) is 18.2 Å². The third-order valence-corrected chi connectivity index (χ3v) is 6.65. The summed E-state index contributed by atoms with van der Waals surface area (Å²) in [6.07, 6.45) is 0.228. The number of aromatic nitrogens is 1. The molecule has 1 N–H and O–H groups in total. The van der Waals surface area contributed by atoms with Crippen molar-refractivity contribution in [2.24, 2.45) is 4.99 Å². The van der Waals surface area contributed by atoms with Crippen LogP contribution in [0.5, 0.6) is 0 Å². The first-order valence-electron chi connectivity index (χ1n) is 10.7. The first-order valence-corrected chi connectivity index (χ1v) is 11.6. The molecule has 0 radical (unpaired) electrons. The summed E-state index contributed by atoms with van der Waals surface area (Å²) in [5.74, 6) is 0.953. The molecule has 1 aromatic heterocycles. The van der Waals surface area contributed by atoms with Gasteiger partial charge in [-0.25, -0.2) is 9.98 Å². The number of morpholine rings is 1. The van der Waals surface area contributed by atoms with Crippen molar-refractivity contribution < 1.29 is 4.74 Å². The van der Waals surface area contributed by atoms with E-state index in [0.717, 1.165) is 56.1 Å². The van der Waals surface area contributed by atoms with E-state index in [-0.39, 0.29) is 6.10 Å². The summed E-state index contributed by atoms with van der Waals surface area (Å²) >= 11 is 1.66. The zero-order chi connectivity index (χ0) is 20.9. The molecule has 162 valence electrons. The van der Waals surface area contributed by atoms with Crippen molar-refractivity contribution in [3.05, 3.63) is 47.0 Å². The van der Waals surface area contributed by atoms with Gasteiger partial charge in [-0.1, -0.05) is 30.3 Å². The molecular weight excluding hydrogens is 396 g/mol. The molecule has 30 heavy (non-hydrogen) atoms. The third-order valence-electron chi connectivity index (χ3n) is 5.59. The van der Waals surface area contributed by atoms with E-state index in [1.165, 1.54) is 5.56 Å². The van der Waals surface area contributed by atoms with Gasteiger partial charge in [0.25, 0.3) is 0 Å². The molecule has 2 unspecified atom stereocenters. The average molecular weight is 429 g/mol. The van der Waals surface area contributed by atoms with E-state index >= 15 is 0 Å². The Hall–Kier alpha value is -2.16. The lowest BCUT2D eigenvalue weighted by molar-refractivity contribution is -0.0502. The smallest absolute Gasteiger partial charge is 0.194 e. The van der Waals surface area contributed by atoms with Crippen molar-refractivity contribution in [3.63, 3.8) is 0 Å². The molecule has 0 spiro atoms. The zero-order valence-electron chi connectivity index (χ0n) is 18.1.